The number of Topliss-reactive ketones (excluding diaryl/α,β-unsaturated/α-hetero) is 2. The normalized spacial score (nSPS) is 13.3. The Morgan fingerprint density at radius 2 is 0.674 bits per heavy atom. The van der Waals surface area contributed by atoms with Gasteiger partial charge in [-0.05, 0) is 78.1 Å². The molecule has 0 heterocycles. The van der Waals surface area contributed by atoms with Crippen LogP contribution in [0.2, 0.25) is 0 Å². The molecule has 3 heteroatoms. The highest BCUT2D eigenvalue weighted by Gasteiger charge is 2.20. The van der Waals surface area contributed by atoms with Crippen LogP contribution in [0, 0.1) is 0 Å². The van der Waals surface area contributed by atoms with Crippen molar-refractivity contribution in [1.29, 1.82) is 0 Å². The predicted octanol–water partition coefficient (Wildman–Crippen LogP) is 13.0. The van der Waals surface area contributed by atoms with Crippen molar-refractivity contribution in [3.8, 4) is 0 Å². The Morgan fingerprint density at radius 3 is 0.977 bits per heavy atom. The number of carbonyl (C=O) groups excluding carboxylic acids is 2. The van der Waals surface area contributed by atoms with Crippen molar-refractivity contribution in [2.75, 3.05) is 0 Å². The van der Waals surface area contributed by atoms with Gasteiger partial charge >= 0.3 is 0 Å². The first-order valence-electron chi connectivity index (χ1n) is 19.0. The first kappa shape index (κ1) is 41.8. The molecule has 0 aliphatic carbocycles. The summed E-state index contributed by atoms with van der Waals surface area (Å²) in [5, 5.41) is 0. The zero-order valence-electron chi connectivity index (χ0n) is 29.5. The zero-order valence-corrected chi connectivity index (χ0v) is 29.5. The van der Waals surface area contributed by atoms with E-state index in [1.165, 1.54) is 141 Å². The van der Waals surface area contributed by atoms with Crippen LogP contribution in [0.5, 0.6) is 0 Å². The van der Waals surface area contributed by atoms with Gasteiger partial charge in [0.05, 0.1) is 0 Å². The van der Waals surface area contributed by atoms with Gasteiger partial charge in [-0.1, -0.05) is 141 Å². The van der Waals surface area contributed by atoms with Crippen molar-refractivity contribution >= 4 is 11.6 Å². The van der Waals surface area contributed by atoms with Gasteiger partial charge in [0.25, 0.3) is 0 Å². The minimum Gasteiger partial charge on any atom is -0.360 e. The summed E-state index contributed by atoms with van der Waals surface area (Å²) >= 11 is 0. The molecule has 0 aliphatic rings. The van der Waals surface area contributed by atoms with Crippen LogP contribution in [0.1, 0.15) is 207 Å². The maximum absolute atomic E-state index is 12.5. The summed E-state index contributed by atoms with van der Waals surface area (Å²) in [4.78, 5) is 25.0. The van der Waals surface area contributed by atoms with E-state index in [0.29, 0.717) is 12.8 Å². The fourth-order valence-corrected chi connectivity index (χ4v) is 5.60. The summed E-state index contributed by atoms with van der Waals surface area (Å²) in [6, 6.07) is 0. The minimum absolute atomic E-state index is 0.137. The van der Waals surface area contributed by atoms with Gasteiger partial charge in [-0.3, -0.25) is 9.59 Å². The van der Waals surface area contributed by atoms with Crippen LogP contribution in [-0.4, -0.2) is 23.8 Å². The van der Waals surface area contributed by atoms with Crippen molar-refractivity contribution in [3.05, 3.63) is 24.3 Å². The molecule has 0 aromatic heterocycles. The predicted molar refractivity (Wildman–Crippen MR) is 189 cm³/mol. The Morgan fingerprint density at radius 1 is 0.419 bits per heavy atom. The molecular weight excluding hydrogens is 528 g/mol. The number of hydrogen-bond acceptors (Lipinski definition) is 3. The second-order valence-corrected chi connectivity index (χ2v) is 13.0. The van der Waals surface area contributed by atoms with Crippen LogP contribution in [0.25, 0.3) is 0 Å². The molecule has 252 valence electrons. The van der Waals surface area contributed by atoms with E-state index in [1.807, 2.05) is 13.8 Å². The van der Waals surface area contributed by atoms with Gasteiger partial charge in [0, 0.05) is 12.8 Å². The lowest BCUT2D eigenvalue weighted by Gasteiger charge is -2.17. The molecule has 2 atom stereocenters. The molecule has 0 spiro atoms. The summed E-state index contributed by atoms with van der Waals surface area (Å²) in [6.45, 7) is 8.16. The summed E-state index contributed by atoms with van der Waals surface area (Å²) in [6.07, 6.45) is 42.3. The van der Waals surface area contributed by atoms with Crippen LogP contribution in [0.4, 0.5) is 0 Å². The van der Waals surface area contributed by atoms with E-state index in [4.69, 9.17) is 4.74 Å². The van der Waals surface area contributed by atoms with Gasteiger partial charge in [-0.2, -0.15) is 0 Å². The van der Waals surface area contributed by atoms with Gasteiger partial charge in [0.2, 0.25) is 0 Å². The summed E-state index contributed by atoms with van der Waals surface area (Å²) in [5.74, 6) is 0.275. The Balaban J connectivity index is 3.61. The Bertz CT molecular complexity index is 609. The lowest BCUT2D eigenvalue weighted by Crippen LogP contribution is -2.30. The van der Waals surface area contributed by atoms with Crippen molar-refractivity contribution in [2.45, 2.75) is 220 Å². The monoisotopic (exact) mass is 603 g/mol. The molecule has 0 radical (unpaired) electrons. The van der Waals surface area contributed by atoms with E-state index in [0.717, 1.165) is 25.7 Å². The number of allylic oxidation sites excluding steroid dienone is 4. The lowest BCUT2D eigenvalue weighted by molar-refractivity contribution is -0.141. The summed E-state index contributed by atoms with van der Waals surface area (Å²) < 4.78 is 5.81. The van der Waals surface area contributed by atoms with E-state index >= 15 is 0 Å². The molecule has 0 amide bonds. The van der Waals surface area contributed by atoms with Crippen LogP contribution in [0.15, 0.2) is 24.3 Å². The zero-order chi connectivity index (χ0) is 31.6. The molecule has 0 aromatic carbocycles. The number of ether oxygens (including phenoxy) is 1. The highest BCUT2D eigenvalue weighted by molar-refractivity contribution is 5.85. The number of hydrogen-bond donors (Lipinski definition) is 0. The van der Waals surface area contributed by atoms with Crippen LogP contribution >= 0.6 is 0 Å². The highest BCUT2D eigenvalue weighted by atomic mass is 16.5. The molecule has 3 nitrogen and oxygen atoms in total. The fourth-order valence-electron chi connectivity index (χ4n) is 5.60. The second-order valence-electron chi connectivity index (χ2n) is 13.0. The van der Waals surface area contributed by atoms with E-state index < -0.39 is 12.2 Å². The average molecular weight is 603 g/mol. The van der Waals surface area contributed by atoms with Crippen LogP contribution in [-0.2, 0) is 14.3 Å². The standard InChI is InChI=1S/C40H74O3/c1-5-7-9-11-13-15-17-19-21-23-25-27-29-31-33-35-39(41)37(3)43-38(4)40(42)36-34-32-30-28-26-24-22-20-18-16-14-12-10-8-6-2/h19-22,37-38H,5-18,23-36H2,1-4H3/b21-19-,22-20-. The number of rotatable bonds is 34. The fraction of sp³-hybridized carbons (Fsp3) is 0.850. The quantitative estimate of drug-likeness (QED) is 0.0543. The molecule has 0 saturated heterocycles. The Hall–Kier alpha value is -1.22. The Labute approximate surface area is 269 Å². The second kappa shape index (κ2) is 33.7. The van der Waals surface area contributed by atoms with Crippen molar-refractivity contribution in [3.63, 3.8) is 0 Å². The van der Waals surface area contributed by atoms with Gasteiger partial charge in [-0.15, -0.1) is 0 Å². The molecule has 0 aromatic rings. The first-order valence-corrected chi connectivity index (χ1v) is 19.0. The van der Waals surface area contributed by atoms with E-state index in [2.05, 4.69) is 38.2 Å². The molecule has 0 rings (SSSR count). The van der Waals surface area contributed by atoms with E-state index in [1.54, 1.807) is 0 Å². The van der Waals surface area contributed by atoms with Crippen LogP contribution < -0.4 is 0 Å². The molecule has 2 unspecified atom stereocenters. The number of unbranched alkanes of at least 4 members (excludes halogenated alkanes) is 22. The van der Waals surface area contributed by atoms with E-state index in [9.17, 15) is 9.59 Å². The molecule has 0 N–H and O–H groups in total. The van der Waals surface area contributed by atoms with Gasteiger partial charge in [-0.25, -0.2) is 0 Å². The highest BCUT2D eigenvalue weighted by Crippen LogP contribution is 2.14. The summed E-state index contributed by atoms with van der Waals surface area (Å²) in [7, 11) is 0. The molecule has 0 bridgehead atoms. The minimum atomic E-state index is -0.482. The largest absolute Gasteiger partial charge is 0.360 e. The topological polar surface area (TPSA) is 43.4 Å². The molecular formula is C40H74O3. The molecule has 0 saturated carbocycles. The molecule has 0 aliphatic heterocycles. The van der Waals surface area contributed by atoms with Crippen molar-refractivity contribution < 1.29 is 14.3 Å². The van der Waals surface area contributed by atoms with Crippen molar-refractivity contribution in [2.24, 2.45) is 0 Å². The third-order valence-electron chi connectivity index (χ3n) is 8.69. The van der Waals surface area contributed by atoms with E-state index in [-0.39, 0.29) is 11.6 Å². The van der Waals surface area contributed by atoms with Gasteiger partial charge in [0.15, 0.2) is 11.6 Å². The third-order valence-corrected chi connectivity index (χ3v) is 8.69. The third kappa shape index (κ3) is 30.6. The number of carbonyl (C=O) groups is 2. The lowest BCUT2D eigenvalue weighted by atomic mass is 10.0. The van der Waals surface area contributed by atoms with Gasteiger partial charge < -0.3 is 4.74 Å². The Kier molecular flexibility index (Phi) is 32.7. The smallest absolute Gasteiger partial charge is 0.161 e. The maximum Gasteiger partial charge on any atom is 0.161 e. The number of ketones is 2. The summed E-state index contributed by atoms with van der Waals surface area (Å²) in [5.41, 5.74) is 0. The maximum atomic E-state index is 12.5. The van der Waals surface area contributed by atoms with Crippen molar-refractivity contribution in [1.82, 2.24) is 0 Å². The molecule has 43 heavy (non-hydrogen) atoms. The first-order chi connectivity index (χ1) is 21.0. The van der Waals surface area contributed by atoms with Crippen LogP contribution in [0.3, 0.4) is 0 Å². The SMILES string of the molecule is CCCCCCCC/C=C\CCCCCCCC(=O)C(C)OC(C)C(=O)CCCCCCC/C=C\CCCCCCCC. The average Bonchev–Trinajstić information content (AvgIpc) is 3.00. The van der Waals surface area contributed by atoms with Gasteiger partial charge in [0.1, 0.15) is 12.2 Å². The molecule has 0 fully saturated rings.